The van der Waals surface area contributed by atoms with E-state index in [4.69, 9.17) is 4.42 Å². The molecule has 4 nitrogen and oxygen atoms in total. The monoisotopic (exact) mass is 319 g/mol. The number of rotatable bonds is 6. The van der Waals surface area contributed by atoms with Gasteiger partial charge < -0.3 is 4.42 Å². The van der Waals surface area contributed by atoms with Crippen LogP contribution in [0.25, 0.3) is 0 Å². The summed E-state index contributed by atoms with van der Waals surface area (Å²) in [5.74, 6) is 2.66. The van der Waals surface area contributed by atoms with Gasteiger partial charge in [0, 0.05) is 22.6 Å². The molecule has 0 bridgehead atoms. The second kappa shape index (κ2) is 6.49. The van der Waals surface area contributed by atoms with Crippen LogP contribution in [0.15, 0.2) is 22.7 Å². The quantitative estimate of drug-likeness (QED) is 0.694. The number of aryl methyl sites for hydroxylation is 6. The van der Waals surface area contributed by atoms with Crippen molar-refractivity contribution in [2.24, 2.45) is 0 Å². The molecule has 3 heterocycles. The van der Waals surface area contributed by atoms with Crippen molar-refractivity contribution in [1.82, 2.24) is 14.3 Å². The molecule has 0 aliphatic carbocycles. The summed E-state index contributed by atoms with van der Waals surface area (Å²) in [6.07, 6.45) is 5.56. The predicted octanol–water partition coefficient (Wildman–Crippen LogP) is 3.77. The van der Waals surface area contributed by atoms with Crippen molar-refractivity contribution in [3.05, 3.63) is 50.6 Å². The molecule has 3 aromatic heterocycles. The highest BCUT2D eigenvalue weighted by Gasteiger charge is 2.06. The minimum atomic E-state index is 0.824. The summed E-state index contributed by atoms with van der Waals surface area (Å²) in [5, 5.41) is 1.04. The summed E-state index contributed by atoms with van der Waals surface area (Å²) in [5.41, 5.74) is 0. The molecule has 0 amide bonds. The van der Waals surface area contributed by atoms with Crippen molar-refractivity contribution >= 4 is 22.9 Å². The number of oxazole rings is 1. The maximum Gasteiger partial charge on any atom is 0.194 e. The van der Waals surface area contributed by atoms with E-state index in [1.54, 1.807) is 6.20 Å². The Morgan fingerprint density at radius 2 is 1.81 bits per heavy atom. The smallest absolute Gasteiger partial charge is 0.194 e. The highest BCUT2D eigenvalue weighted by atomic mass is 32.1. The van der Waals surface area contributed by atoms with E-state index in [0.29, 0.717) is 0 Å². The fraction of sp³-hybridized carbons (Fsp3) is 0.400. The lowest BCUT2D eigenvalue weighted by atomic mass is 10.2. The van der Waals surface area contributed by atoms with Crippen molar-refractivity contribution in [3.63, 3.8) is 0 Å². The average Bonchev–Trinajstić information content (AvgIpc) is 3.16. The molecule has 0 spiro atoms. The summed E-state index contributed by atoms with van der Waals surface area (Å²) in [4.78, 5) is 11.4. The van der Waals surface area contributed by atoms with Crippen molar-refractivity contribution in [3.8, 4) is 0 Å². The van der Waals surface area contributed by atoms with Gasteiger partial charge in [0.15, 0.2) is 5.89 Å². The predicted molar refractivity (Wildman–Crippen MR) is 85.0 cm³/mol. The molecule has 0 aromatic carbocycles. The van der Waals surface area contributed by atoms with Gasteiger partial charge in [0.1, 0.15) is 16.6 Å². The van der Waals surface area contributed by atoms with Crippen LogP contribution >= 0.6 is 22.9 Å². The fourth-order valence-electron chi connectivity index (χ4n) is 2.12. The largest absolute Gasteiger partial charge is 0.446 e. The summed E-state index contributed by atoms with van der Waals surface area (Å²) in [6, 6.07) is 4.41. The van der Waals surface area contributed by atoms with Crippen LogP contribution in [0.2, 0.25) is 0 Å². The minimum absolute atomic E-state index is 0.824. The number of hydrogen-bond acceptors (Lipinski definition) is 6. The number of thiophene rings is 1. The van der Waals surface area contributed by atoms with E-state index in [9.17, 15) is 0 Å². The Labute approximate surface area is 132 Å². The number of aromatic nitrogens is 3. The summed E-state index contributed by atoms with van der Waals surface area (Å²) < 4.78 is 9.83. The first-order valence-electron chi connectivity index (χ1n) is 6.97. The molecule has 3 rings (SSSR count). The van der Waals surface area contributed by atoms with E-state index in [1.807, 2.05) is 25.2 Å². The van der Waals surface area contributed by atoms with Crippen molar-refractivity contribution in [2.45, 2.75) is 39.5 Å². The van der Waals surface area contributed by atoms with Crippen LogP contribution in [0.3, 0.4) is 0 Å². The molecule has 0 aliphatic heterocycles. The topological polar surface area (TPSA) is 51.8 Å². The molecule has 0 saturated heterocycles. The Bertz CT molecular complexity index is 655. The van der Waals surface area contributed by atoms with Crippen LogP contribution < -0.4 is 0 Å². The summed E-state index contributed by atoms with van der Waals surface area (Å²) in [7, 11) is 0. The highest BCUT2D eigenvalue weighted by Crippen LogP contribution is 2.20. The van der Waals surface area contributed by atoms with E-state index in [-0.39, 0.29) is 0 Å². The van der Waals surface area contributed by atoms with Gasteiger partial charge in [0.2, 0.25) is 0 Å². The second-order valence-electron chi connectivity index (χ2n) is 4.96. The third-order valence-electron chi connectivity index (χ3n) is 3.14. The maximum absolute atomic E-state index is 5.50. The molecular weight excluding hydrogens is 302 g/mol. The first-order chi connectivity index (χ1) is 10.2. The molecule has 0 fully saturated rings. The zero-order chi connectivity index (χ0) is 14.7. The number of hydrogen-bond donors (Lipinski definition) is 0. The first-order valence-corrected chi connectivity index (χ1v) is 8.56. The lowest BCUT2D eigenvalue weighted by Crippen LogP contribution is -1.91. The van der Waals surface area contributed by atoms with Crippen LogP contribution in [0.5, 0.6) is 0 Å². The minimum Gasteiger partial charge on any atom is -0.446 e. The van der Waals surface area contributed by atoms with E-state index in [2.05, 4.69) is 26.5 Å². The molecule has 0 saturated carbocycles. The standard InChI is InChI=1S/C15H17N3OS2/c1-10-9-16-15(19-10)8-6-13-4-3-12(20-13)5-7-14-17-11(2)21-18-14/h3-4,9H,5-8H2,1-2H3. The van der Waals surface area contributed by atoms with Crippen molar-refractivity contribution < 1.29 is 4.42 Å². The van der Waals surface area contributed by atoms with Gasteiger partial charge in [-0.2, -0.15) is 4.37 Å². The third kappa shape index (κ3) is 3.98. The van der Waals surface area contributed by atoms with Crippen molar-refractivity contribution in [1.29, 1.82) is 0 Å². The lowest BCUT2D eigenvalue weighted by Gasteiger charge is -1.95. The van der Waals surface area contributed by atoms with E-state index < -0.39 is 0 Å². The SMILES string of the molecule is Cc1cnc(CCc2ccc(CCc3nsc(C)n3)s2)o1. The molecule has 0 radical (unpaired) electrons. The summed E-state index contributed by atoms with van der Waals surface area (Å²) >= 11 is 3.34. The molecule has 0 unspecified atom stereocenters. The van der Waals surface area contributed by atoms with Crippen LogP contribution in [-0.4, -0.2) is 14.3 Å². The van der Waals surface area contributed by atoms with E-state index >= 15 is 0 Å². The van der Waals surface area contributed by atoms with Crippen LogP contribution in [0.4, 0.5) is 0 Å². The normalized spacial score (nSPS) is 11.1. The van der Waals surface area contributed by atoms with Gasteiger partial charge in [-0.1, -0.05) is 0 Å². The molecule has 0 N–H and O–H groups in total. The zero-order valence-corrected chi connectivity index (χ0v) is 13.8. The molecular formula is C15H17N3OS2. The van der Waals surface area contributed by atoms with Gasteiger partial charge in [-0.15, -0.1) is 11.3 Å². The lowest BCUT2D eigenvalue weighted by molar-refractivity contribution is 0.471. The van der Waals surface area contributed by atoms with Gasteiger partial charge in [-0.05, 0) is 50.4 Å². The molecule has 0 aliphatic rings. The Hall–Kier alpha value is -1.53. The zero-order valence-electron chi connectivity index (χ0n) is 12.1. The Morgan fingerprint density at radius 1 is 1.05 bits per heavy atom. The summed E-state index contributed by atoms with van der Waals surface area (Å²) in [6.45, 7) is 3.92. The second-order valence-corrected chi connectivity index (χ2v) is 7.17. The molecule has 0 atom stereocenters. The Kier molecular flexibility index (Phi) is 4.45. The van der Waals surface area contributed by atoms with Gasteiger partial charge >= 0.3 is 0 Å². The average molecular weight is 319 g/mol. The molecule has 3 aromatic rings. The van der Waals surface area contributed by atoms with Gasteiger partial charge in [0.25, 0.3) is 0 Å². The van der Waals surface area contributed by atoms with Crippen LogP contribution in [0, 0.1) is 13.8 Å². The van der Waals surface area contributed by atoms with Gasteiger partial charge in [-0.3, -0.25) is 0 Å². The Morgan fingerprint density at radius 3 is 2.43 bits per heavy atom. The maximum atomic E-state index is 5.50. The molecule has 110 valence electrons. The number of nitrogens with zero attached hydrogens (tertiary/aromatic N) is 3. The van der Waals surface area contributed by atoms with Gasteiger partial charge in [-0.25, -0.2) is 9.97 Å². The third-order valence-corrected chi connectivity index (χ3v) is 5.00. The first kappa shape index (κ1) is 14.4. The molecule has 21 heavy (non-hydrogen) atoms. The van der Waals surface area contributed by atoms with E-state index in [1.165, 1.54) is 21.3 Å². The van der Waals surface area contributed by atoms with Gasteiger partial charge in [0.05, 0.1) is 6.20 Å². The van der Waals surface area contributed by atoms with Crippen molar-refractivity contribution in [2.75, 3.05) is 0 Å². The van der Waals surface area contributed by atoms with Crippen LogP contribution in [-0.2, 0) is 25.7 Å². The van der Waals surface area contributed by atoms with E-state index in [0.717, 1.165) is 48.2 Å². The molecule has 6 heteroatoms. The van der Waals surface area contributed by atoms with Crippen LogP contribution in [0.1, 0.15) is 32.2 Å². The fourth-order valence-corrected chi connectivity index (χ4v) is 3.65. The highest BCUT2D eigenvalue weighted by molar-refractivity contribution is 7.12. The Balaban J connectivity index is 1.51.